The van der Waals surface area contributed by atoms with Crippen LogP contribution in [0.5, 0.6) is 5.75 Å². The fourth-order valence-corrected chi connectivity index (χ4v) is 2.65. The monoisotopic (exact) mass is 354 g/mol. The van der Waals surface area contributed by atoms with Gasteiger partial charge in [-0.15, -0.1) is 0 Å². The standard InChI is InChI=1S/C22H30N2O2/c1-16-5-11-19(15-20(16)26-14-13-23)24-21(25)12-8-17-6-9-18(10-7-17)22(2,3)4/h5-7,9-11,15H,8,12-14,23H2,1-4H3,(H,24,25). The highest BCUT2D eigenvalue weighted by atomic mass is 16.5. The topological polar surface area (TPSA) is 64.3 Å². The van der Waals surface area contributed by atoms with Gasteiger partial charge in [-0.25, -0.2) is 0 Å². The summed E-state index contributed by atoms with van der Waals surface area (Å²) in [5.41, 5.74) is 9.86. The third-order valence-corrected chi connectivity index (χ3v) is 4.31. The second-order valence-corrected chi connectivity index (χ2v) is 7.61. The SMILES string of the molecule is Cc1ccc(NC(=O)CCc2ccc(C(C)(C)C)cc2)cc1OCCN. The summed E-state index contributed by atoms with van der Waals surface area (Å²) in [6, 6.07) is 14.2. The summed E-state index contributed by atoms with van der Waals surface area (Å²) < 4.78 is 5.60. The lowest BCUT2D eigenvalue weighted by molar-refractivity contribution is -0.116. The fourth-order valence-electron chi connectivity index (χ4n) is 2.65. The van der Waals surface area contributed by atoms with Crippen molar-refractivity contribution in [3.8, 4) is 5.75 Å². The Hall–Kier alpha value is -2.33. The predicted octanol–water partition coefficient (Wildman–Crippen LogP) is 4.20. The van der Waals surface area contributed by atoms with Crippen molar-refractivity contribution in [3.05, 3.63) is 59.2 Å². The van der Waals surface area contributed by atoms with Gasteiger partial charge in [0.25, 0.3) is 0 Å². The van der Waals surface area contributed by atoms with Crippen LogP contribution in [-0.2, 0) is 16.6 Å². The fraction of sp³-hybridized carbons (Fsp3) is 0.409. The number of nitrogens with two attached hydrogens (primary N) is 1. The molecule has 0 spiro atoms. The molecule has 2 aromatic carbocycles. The minimum Gasteiger partial charge on any atom is -0.492 e. The lowest BCUT2D eigenvalue weighted by Gasteiger charge is -2.19. The van der Waals surface area contributed by atoms with Crippen LogP contribution < -0.4 is 15.8 Å². The molecule has 0 atom stereocenters. The Bertz CT molecular complexity index is 731. The van der Waals surface area contributed by atoms with E-state index in [1.807, 2.05) is 25.1 Å². The predicted molar refractivity (Wildman–Crippen MR) is 108 cm³/mol. The van der Waals surface area contributed by atoms with E-state index in [2.05, 4.69) is 50.4 Å². The molecule has 26 heavy (non-hydrogen) atoms. The Morgan fingerprint density at radius 1 is 1.12 bits per heavy atom. The number of benzene rings is 2. The molecule has 0 saturated heterocycles. The van der Waals surface area contributed by atoms with Gasteiger partial charge < -0.3 is 15.8 Å². The first-order valence-electron chi connectivity index (χ1n) is 9.12. The Labute approximate surface area is 156 Å². The first-order chi connectivity index (χ1) is 12.3. The van der Waals surface area contributed by atoms with Crippen molar-refractivity contribution in [1.29, 1.82) is 0 Å². The molecule has 0 aliphatic heterocycles. The van der Waals surface area contributed by atoms with E-state index >= 15 is 0 Å². The third kappa shape index (κ3) is 5.88. The lowest BCUT2D eigenvalue weighted by atomic mass is 9.86. The normalized spacial score (nSPS) is 11.3. The van der Waals surface area contributed by atoms with Crippen LogP contribution in [0.2, 0.25) is 0 Å². The molecular weight excluding hydrogens is 324 g/mol. The number of aryl methyl sites for hydroxylation is 2. The smallest absolute Gasteiger partial charge is 0.224 e. The molecule has 140 valence electrons. The molecule has 2 aromatic rings. The van der Waals surface area contributed by atoms with Gasteiger partial charge in [0.2, 0.25) is 5.91 Å². The molecular formula is C22H30N2O2. The number of nitrogens with one attached hydrogen (secondary N) is 1. The van der Waals surface area contributed by atoms with Crippen LogP contribution in [0.1, 0.15) is 43.9 Å². The largest absolute Gasteiger partial charge is 0.492 e. The Morgan fingerprint density at radius 3 is 2.42 bits per heavy atom. The van der Waals surface area contributed by atoms with Crippen LogP contribution >= 0.6 is 0 Å². The number of hydrogen-bond donors (Lipinski definition) is 2. The first kappa shape index (κ1) is 20.0. The van der Waals surface area contributed by atoms with Crippen LogP contribution in [0.4, 0.5) is 5.69 Å². The van der Waals surface area contributed by atoms with Crippen molar-refractivity contribution in [1.82, 2.24) is 0 Å². The van der Waals surface area contributed by atoms with Gasteiger partial charge in [-0.1, -0.05) is 51.1 Å². The maximum atomic E-state index is 12.3. The van der Waals surface area contributed by atoms with E-state index in [1.54, 1.807) is 0 Å². The Morgan fingerprint density at radius 2 is 1.81 bits per heavy atom. The molecule has 2 rings (SSSR count). The highest BCUT2D eigenvalue weighted by molar-refractivity contribution is 5.91. The van der Waals surface area contributed by atoms with Gasteiger partial charge in [0.1, 0.15) is 12.4 Å². The van der Waals surface area contributed by atoms with Gasteiger partial charge in [-0.2, -0.15) is 0 Å². The van der Waals surface area contributed by atoms with E-state index in [1.165, 1.54) is 11.1 Å². The molecule has 0 saturated carbocycles. The number of rotatable bonds is 7. The van der Waals surface area contributed by atoms with Crippen LogP contribution in [0.15, 0.2) is 42.5 Å². The van der Waals surface area contributed by atoms with Gasteiger partial charge in [0.05, 0.1) is 0 Å². The molecule has 4 heteroatoms. The molecule has 0 radical (unpaired) electrons. The number of anilines is 1. The van der Waals surface area contributed by atoms with Gasteiger partial charge >= 0.3 is 0 Å². The highest BCUT2D eigenvalue weighted by Gasteiger charge is 2.13. The molecule has 0 unspecified atom stereocenters. The van der Waals surface area contributed by atoms with Gasteiger partial charge in [0.15, 0.2) is 0 Å². The summed E-state index contributed by atoms with van der Waals surface area (Å²) in [4.78, 5) is 12.3. The first-order valence-corrected chi connectivity index (χ1v) is 9.12. The van der Waals surface area contributed by atoms with Crippen LogP contribution in [0, 0.1) is 6.92 Å². The average molecular weight is 354 g/mol. The van der Waals surface area contributed by atoms with Crippen molar-refractivity contribution in [2.45, 2.75) is 46.0 Å². The second-order valence-electron chi connectivity index (χ2n) is 7.61. The summed E-state index contributed by atoms with van der Waals surface area (Å²) in [5, 5.41) is 2.94. The summed E-state index contributed by atoms with van der Waals surface area (Å²) in [5.74, 6) is 0.754. The maximum Gasteiger partial charge on any atom is 0.224 e. The Kier molecular flexibility index (Phi) is 6.81. The van der Waals surface area contributed by atoms with Crippen molar-refractivity contribution >= 4 is 11.6 Å². The number of amides is 1. The van der Waals surface area contributed by atoms with Crippen LogP contribution in [0.3, 0.4) is 0 Å². The van der Waals surface area contributed by atoms with Crippen molar-refractivity contribution in [2.75, 3.05) is 18.5 Å². The molecule has 0 heterocycles. The van der Waals surface area contributed by atoms with E-state index in [4.69, 9.17) is 10.5 Å². The van der Waals surface area contributed by atoms with Crippen molar-refractivity contribution in [3.63, 3.8) is 0 Å². The number of carbonyl (C=O) groups is 1. The molecule has 0 bridgehead atoms. The zero-order chi connectivity index (χ0) is 19.2. The molecule has 0 aliphatic carbocycles. The van der Waals surface area contributed by atoms with Gasteiger partial charge in [-0.3, -0.25) is 4.79 Å². The summed E-state index contributed by atoms with van der Waals surface area (Å²) >= 11 is 0. The van der Waals surface area contributed by atoms with Crippen molar-refractivity contribution in [2.24, 2.45) is 5.73 Å². The maximum absolute atomic E-state index is 12.3. The second kappa shape index (κ2) is 8.86. The zero-order valence-electron chi connectivity index (χ0n) is 16.3. The average Bonchev–Trinajstić information content (AvgIpc) is 2.60. The minimum atomic E-state index is -0.00136. The summed E-state index contributed by atoms with van der Waals surface area (Å²) in [6.45, 7) is 9.49. The van der Waals surface area contributed by atoms with E-state index < -0.39 is 0 Å². The summed E-state index contributed by atoms with van der Waals surface area (Å²) in [6.07, 6.45) is 1.17. The molecule has 1 amide bonds. The zero-order valence-corrected chi connectivity index (χ0v) is 16.3. The van der Waals surface area contributed by atoms with E-state index in [0.29, 0.717) is 19.6 Å². The highest BCUT2D eigenvalue weighted by Crippen LogP contribution is 2.24. The number of carbonyl (C=O) groups excluding carboxylic acids is 1. The van der Waals surface area contributed by atoms with Gasteiger partial charge in [-0.05, 0) is 41.5 Å². The number of ether oxygens (including phenoxy) is 1. The van der Waals surface area contributed by atoms with E-state index in [9.17, 15) is 4.79 Å². The lowest BCUT2D eigenvalue weighted by Crippen LogP contribution is -2.14. The van der Waals surface area contributed by atoms with Crippen LogP contribution in [-0.4, -0.2) is 19.1 Å². The quantitative estimate of drug-likeness (QED) is 0.783. The van der Waals surface area contributed by atoms with Crippen LogP contribution in [0.25, 0.3) is 0 Å². The number of hydrogen-bond acceptors (Lipinski definition) is 3. The molecule has 0 aromatic heterocycles. The Balaban J connectivity index is 1.90. The van der Waals surface area contributed by atoms with E-state index in [-0.39, 0.29) is 11.3 Å². The molecule has 4 nitrogen and oxygen atoms in total. The third-order valence-electron chi connectivity index (χ3n) is 4.31. The molecule has 0 fully saturated rings. The van der Waals surface area contributed by atoms with Crippen molar-refractivity contribution < 1.29 is 9.53 Å². The summed E-state index contributed by atoms with van der Waals surface area (Å²) in [7, 11) is 0. The molecule has 0 aliphatic rings. The minimum absolute atomic E-state index is 0.00136. The van der Waals surface area contributed by atoms with Gasteiger partial charge in [0, 0.05) is 24.7 Å². The molecule has 3 N–H and O–H groups in total. The van der Waals surface area contributed by atoms with E-state index in [0.717, 1.165) is 23.4 Å².